The van der Waals surface area contributed by atoms with E-state index in [1.54, 1.807) is 0 Å². The lowest BCUT2D eigenvalue weighted by Gasteiger charge is -2.46. The van der Waals surface area contributed by atoms with Crippen molar-refractivity contribution in [2.75, 3.05) is 14.1 Å². The van der Waals surface area contributed by atoms with Gasteiger partial charge >= 0.3 is 0 Å². The number of nitrogens with zero attached hydrogens (tertiary/aromatic N) is 1. The molecule has 2 rings (SSSR count). The summed E-state index contributed by atoms with van der Waals surface area (Å²) in [7, 11) is 10.4. The highest BCUT2D eigenvalue weighted by Crippen LogP contribution is 2.43. The predicted octanol–water partition coefficient (Wildman–Crippen LogP) is 4.87. The molecule has 2 radical (unpaired) electrons. The minimum Gasteiger partial charge on any atom is -0.311 e. The van der Waals surface area contributed by atoms with Crippen LogP contribution in [0.3, 0.4) is 0 Å². The topological polar surface area (TPSA) is 17.1 Å². The Morgan fingerprint density at radius 2 is 1.32 bits per heavy atom. The van der Waals surface area contributed by atoms with Crippen molar-refractivity contribution >= 4 is 5.78 Å². The van der Waals surface area contributed by atoms with Crippen molar-refractivity contribution in [2.45, 2.75) is 44.6 Å². The molecule has 2 heteroatoms. The fraction of sp³-hybridized carbons (Fsp3) is 0.391. The van der Waals surface area contributed by atoms with E-state index >= 15 is 0 Å². The van der Waals surface area contributed by atoms with Crippen molar-refractivity contribution in [3.8, 4) is 0 Å². The van der Waals surface area contributed by atoms with Crippen LogP contribution in [-0.2, 0) is 10.2 Å². The first kappa shape index (κ1) is 19.4. The molecule has 0 saturated heterocycles. The number of ketones is 1. The summed E-state index contributed by atoms with van der Waals surface area (Å²) in [5.74, 6) is 0.228. The summed E-state index contributed by atoms with van der Waals surface area (Å²) < 4.78 is 0.297. The number of rotatable bonds is 7. The third-order valence-electron chi connectivity index (χ3n) is 5.59. The van der Waals surface area contributed by atoms with E-state index in [-0.39, 0.29) is 11.3 Å². The normalized spacial score (nSPS) is 12.9. The van der Waals surface area contributed by atoms with E-state index in [1.807, 2.05) is 57.4 Å². The number of Topliss-reactive ketones (excluding diaryl/α,β-unsaturated/α-hetero) is 1. The molecule has 2 aromatic carbocycles. The van der Waals surface area contributed by atoms with Crippen LogP contribution in [0.4, 0.5) is 0 Å². The molecule has 132 valence electrons. The molecule has 0 aliphatic carbocycles. The predicted molar refractivity (Wildman–Crippen MR) is 104 cm³/mol. The van der Waals surface area contributed by atoms with Crippen molar-refractivity contribution < 1.29 is 9.28 Å². The van der Waals surface area contributed by atoms with E-state index in [2.05, 4.69) is 38.1 Å². The van der Waals surface area contributed by atoms with Crippen molar-refractivity contribution in [1.82, 2.24) is 0 Å². The standard InChI is InChI=1S/C23H30NO/c1-7-21(25)23(19-14-10-8-11-15-19,20-16-12-9-13-17-20)18-22(2,3)24(4,5)6/h4,8-17H,7,18H2,1-3,5-6H3/q+1. The third kappa shape index (κ3) is 3.69. The van der Waals surface area contributed by atoms with Gasteiger partial charge in [0.05, 0.1) is 25.0 Å². The van der Waals surface area contributed by atoms with Gasteiger partial charge in [-0.15, -0.1) is 0 Å². The van der Waals surface area contributed by atoms with Crippen molar-refractivity contribution in [3.63, 3.8) is 0 Å². The number of hydrogen-bond acceptors (Lipinski definition) is 1. The maximum Gasteiger partial charge on any atom is 0.206 e. The third-order valence-corrected chi connectivity index (χ3v) is 5.59. The van der Waals surface area contributed by atoms with E-state index < -0.39 is 5.41 Å². The molecule has 0 unspecified atom stereocenters. The Hall–Kier alpha value is -1.93. The van der Waals surface area contributed by atoms with Crippen LogP contribution in [0, 0.1) is 7.05 Å². The Morgan fingerprint density at radius 1 is 0.920 bits per heavy atom. The molecule has 0 aromatic heterocycles. The maximum absolute atomic E-state index is 13.4. The molecule has 0 aliphatic rings. The number of quaternary nitrogens is 1. The number of carbonyl (C=O) groups is 1. The zero-order chi connectivity index (χ0) is 18.7. The molecule has 0 N–H and O–H groups in total. The van der Waals surface area contributed by atoms with Crippen LogP contribution in [-0.4, -0.2) is 29.9 Å². The molecule has 0 saturated carbocycles. The second-order valence-corrected chi connectivity index (χ2v) is 7.94. The van der Waals surface area contributed by atoms with Crippen molar-refractivity contribution in [1.29, 1.82) is 0 Å². The molecule has 0 heterocycles. The minimum absolute atomic E-state index is 0.228. The van der Waals surface area contributed by atoms with Gasteiger partial charge in [-0.2, -0.15) is 0 Å². The van der Waals surface area contributed by atoms with E-state index in [9.17, 15) is 4.79 Å². The molecule has 2 nitrogen and oxygen atoms in total. The first-order valence-corrected chi connectivity index (χ1v) is 8.92. The molecule has 25 heavy (non-hydrogen) atoms. The average Bonchev–Trinajstić information content (AvgIpc) is 2.59. The SMILES string of the molecule is [CH][N+](C)(C)C(C)(C)CC(C(=O)CC)(c1ccccc1)c1ccccc1. The molecule has 0 atom stereocenters. The van der Waals surface area contributed by atoms with Crippen molar-refractivity contribution in [3.05, 3.63) is 78.8 Å². The summed E-state index contributed by atoms with van der Waals surface area (Å²) in [4.78, 5) is 13.4. The van der Waals surface area contributed by atoms with Gasteiger partial charge in [-0.3, -0.25) is 4.79 Å². The summed E-state index contributed by atoms with van der Waals surface area (Å²) in [6.45, 7) is 6.21. The van der Waals surface area contributed by atoms with Crippen LogP contribution in [0.25, 0.3) is 0 Å². The smallest absolute Gasteiger partial charge is 0.206 e. The van der Waals surface area contributed by atoms with E-state index in [0.29, 0.717) is 17.3 Å². The molecule has 0 spiro atoms. The molecule has 0 amide bonds. The lowest BCUT2D eigenvalue weighted by molar-refractivity contribution is -0.897. The van der Waals surface area contributed by atoms with Crippen molar-refractivity contribution in [2.24, 2.45) is 0 Å². The van der Waals surface area contributed by atoms with Crippen LogP contribution in [0.2, 0.25) is 0 Å². The van der Waals surface area contributed by atoms with Crippen LogP contribution >= 0.6 is 0 Å². The average molecular weight is 336 g/mol. The van der Waals surface area contributed by atoms with Gasteiger partial charge in [0.2, 0.25) is 7.05 Å². The molecule has 0 bridgehead atoms. The first-order valence-electron chi connectivity index (χ1n) is 8.92. The highest BCUT2D eigenvalue weighted by Gasteiger charge is 2.49. The number of hydrogen-bond donors (Lipinski definition) is 0. The summed E-state index contributed by atoms with van der Waals surface area (Å²) >= 11 is 0. The monoisotopic (exact) mass is 336 g/mol. The lowest BCUT2D eigenvalue weighted by Crippen LogP contribution is -2.56. The summed E-state index contributed by atoms with van der Waals surface area (Å²) in [6, 6.07) is 20.3. The Morgan fingerprint density at radius 3 is 1.64 bits per heavy atom. The van der Waals surface area contributed by atoms with Crippen LogP contribution in [0.1, 0.15) is 44.7 Å². The molecule has 0 fully saturated rings. The quantitative estimate of drug-likeness (QED) is 0.660. The first-order chi connectivity index (χ1) is 11.6. The van der Waals surface area contributed by atoms with E-state index in [0.717, 1.165) is 11.1 Å². The van der Waals surface area contributed by atoms with Gasteiger partial charge in [0.15, 0.2) is 0 Å². The minimum atomic E-state index is -0.699. The van der Waals surface area contributed by atoms with Crippen LogP contribution in [0.5, 0.6) is 0 Å². The molecular weight excluding hydrogens is 306 g/mol. The fourth-order valence-corrected chi connectivity index (χ4v) is 3.39. The van der Waals surface area contributed by atoms with Gasteiger partial charge < -0.3 is 4.48 Å². The second kappa shape index (κ2) is 7.13. The van der Waals surface area contributed by atoms with E-state index in [4.69, 9.17) is 7.05 Å². The lowest BCUT2D eigenvalue weighted by atomic mass is 9.64. The van der Waals surface area contributed by atoms with Crippen LogP contribution < -0.4 is 0 Å². The van der Waals surface area contributed by atoms with Gasteiger partial charge in [-0.05, 0) is 25.0 Å². The zero-order valence-electron chi connectivity index (χ0n) is 16.1. The molecular formula is C23H30NO+. The molecule has 2 aromatic rings. The van der Waals surface area contributed by atoms with E-state index in [1.165, 1.54) is 0 Å². The van der Waals surface area contributed by atoms with Gasteiger partial charge in [-0.1, -0.05) is 67.6 Å². The number of carbonyl (C=O) groups excluding carboxylic acids is 1. The van der Waals surface area contributed by atoms with Gasteiger partial charge in [0, 0.05) is 12.8 Å². The largest absolute Gasteiger partial charge is 0.311 e. The summed E-state index contributed by atoms with van der Waals surface area (Å²) in [5, 5.41) is 0. The molecule has 0 aliphatic heterocycles. The van der Waals surface area contributed by atoms with Crippen LogP contribution in [0.15, 0.2) is 60.7 Å². The summed E-state index contributed by atoms with van der Waals surface area (Å²) in [5.41, 5.74) is 1.08. The zero-order valence-corrected chi connectivity index (χ0v) is 16.1. The van der Waals surface area contributed by atoms with Gasteiger partial charge in [-0.25, -0.2) is 0 Å². The highest BCUT2D eigenvalue weighted by molar-refractivity contribution is 5.93. The Kier molecular flexibility index (Phi) is 5.53. The Labute approximate surface area is 153 Å². The maximum atomic E-state index is 13.4. The van der Waals surface area contributed by atoms with Gasteiger partial charge in [0.1, 0.15) is 5.78 Å². The second-order valence-electron chi connectivity index (χ2n) is 7.94. The Balaban J connectivity index is 2.75. The Bertz CT molecular complexity index is 656. The fourth-order valence-electron chi connectivity index (χ4n) is 3.39. The number of benzene rings is 2. The highest BCUT2D eigenvalue weighted by atomic mass is 16.1. The summed E-state index contributed by atoms with van der Waals surface area (Å²) in [6.07, 6.45) is 1.13. The van der Waals surface area contributed by atoms with Gasteiger partial charge in [0.25, 0.3) is 0 Å².